The first kappa shape index (κ1) is 44.8. The second kappa shape index (κ2) is 17.4. The molecule has 4 aromatic heterocycles. The van der Waals surface area contributed by atoms with Crippen molar-refractivity contribution in [3.05, 3.63) is 82.1 Å². The highest BCUT2D eigenvalue weighted by Gasteiger charge is 2.56. The highest BCUT2D eigenvalue weighted by molar-refractivity contribution is 7.11. The van der Waals surface area contributed by atoms with Gasteiger partial charge < -0.3 is 44.6 Å². The number of rotatable bonds is 12. The minimum atomic E-state index is -0.722. The van der Waals surface area contributed by atoms with E-state index in [4.69, 9.17) is 29.2 Å². The molecule has 4 N–H and O–H groups in total. The number of imidazole rings is 2. The number of methoxy groups -OCH3 is 2. The number of carbonyl (C=O) groups is 4. The number of piperidine rings is 1. The number of thiazole rings is 1. The van der Waals surface area contributed by atoms with Crippen LogP contribution >= 0.6 is 11.3 Å². The molecule has 7 heterocycles. The summed E-state index contributed by atoms with van der Waals surface area (Å²) >= 11 is 1.72. The molecule has 2 saturated carbocycles. The Kier molecular flexibility index (Phi) is 11.3. The van der Waals surface area contributed by atoms with Gasteiger partial charge >= 0.3 is 12.2 Å². The number of aromatic nitrogens is 6. The summed E-state index contributed by atoms with van der Waals surface area (Å²) in [5, 5.41) is 7.68. The number of hydrogen-bond donors (Lipinski definition) is 4. The maximum atomic E-state index is 14.1. The largest absolute Gasteiger partial charge is 0.464 e. The van der Waals surface area contributed by atoms with Gasteiger partial charge in [-0.3, -0.25) is 14.2 Å². The van der Waals surface area contributed by atoms with Gasteiger partial charge in [0.25, 0.3) is 0 Å². The van der Waals surface area contributed by atoms with E-state index in [9.17, 15) is 19.2 Å². The number of hydrogen-bond acceptors (Lipinski definition) is 11. The molecule has 360 valence electrons. The van der Waals surface area contributed by atoms with Gasteiger partial charge in [-0.25, -0.2) is 24.5 Å². The molecule has 2 unspecified atom stereocenters. The summed E-state index contributed by atoms with van der Waals surface area (Å²) in [7, 11) is 2.60. The van der Waals surface area contributed by atoms with Gasteiger partial charge in [-0.05, 0) is 99.1 Å². The zero-order valence-electron chi connectivity index (χ0n) is 39.9. The van der Waals surface area contributed by atoms with Crippen LogP contribution in [0.3, 0.4) is 0 Å². The number of nitrogens with one attached hydrogen (secondary N) is 4. The Bertz CT molecular complexity index is 3000. The molecule has 0 spiro atoms. The molecule has 5 aliphatic rings. The Labute approximate surface area is 403 Å². The molecular weight excluding hydrogens is 897 g/mol. The third-order valence-electron chi connectivity index (χ3n) is 14.7. The number of nitrogens with zero attached hydrogens (tertiary/aromatic N) is 6. The van der Waals surface area contributed by atoms with E-state index in [0.29, 0.717) is 24.2 Å². The van der Waals surface area contributed by atoms with Gasteiger partial charge in [0.1, 0.15) is 29.5 Å². The molecule has 3 aliphatic heterocycles. The van der Waals surface area contributed by atoms with E-state index in [1.165, 1.54) is 14.2 Å². The van der Waals surface area contributed by atoms with Gasteiger partial charge in [-0.2, -0.15) is 0 Å². The fourth-order valence-electron chi connectivity index (χ4n) is 10.8. The predicted molar refractivity (Wildman–Crippen MR) is 258 cm³/mol. The highest BCUT2D eigenvalue weighted by atomic mass is 32.1. The van der Waals surface area contributed by atoms with Gasteiger partial charge in [-0.1, -0.05) is 33.8 Å². The smallest absolute Gasteiger partial charge is 0.407 e. The van der Waals surface area contributed by atoms with E-state index < -0.39 is 30.5 Å². The number of aryl methyl sites for hydroxylation is 1. The van der Waals surface area contributed by atoms with Gasteiger partial charge in [0.2, 0.25) is 18.0 Å². The maximum absolute atomic E-state index is 14.1. The SMILES string of the molecule is COC(=O)NC(C(=O)N1[C@@H]2C[C@@H]2C[C@H]1c1ncc(-c2ccc3c(c2)cc2n3C(c3cnc(C4CC4)s3)Oc3cc(-c4cnc([C@@H]5CCCN5C(=O)[C@@H](NC(=O)OC)C(C)C)[nH]4)cc(C)c3-2)[nH]1)C(C)C. The number of H-pyrrole nitrogens is 2. The molecule has 17 nitrogen and oxygen atoms in total. The third kappa shape index (κ3) is 7.99. The second-order valence-corrected chi connectivity index (χ2v) is 21.1. The van der Waals surface area contributed by atoms with E-state index >= 15 is 0 Å². The van der Waals surface area contributed by atoms with Crippen LogP contribution in [0.15, 0.2) is 55.0 Å². The van der Waals surface area contributed by atoms with Gasteiger partial charge in [0.15, 0.2) is 0 Å². The van der Waals surface area contributed by atoms with Crippen molar-refractivity contribution in [2.45, 2.75) is 115 Å². The molecule has 69 heavy (non-hydrogen) atoms. The van der Waals surface area contributed by atoms with Crippen molar-refractivity contribution in [3.63, 3.8) is 0 Å². The monoisotopic (exact) mass is 954 g/mol. The average molecular weight is 955 g/mol. The number of alkyl carbamates (subject to hydrolysis) is 2. The summed E-state index contributed by atoms with van der Waals surface area (Å²) in [5.74, 6) is 2.58. The lowest BCUT2D eigenvalue weighted by molar-refractivity contribution is -0.137. The van der Waals surface area contributed by atoms with Crippen LogP contribution in [0.4, 0.5) is 9.59 Å². The van der Waals surface area contributed by atoms with Crippen LogP contribution in [0.25, 0.3) is 44.7 Å². The van der Waals surface area contributed by atoms with Gasteiger partial charge in [-0.15, -0.1) is 11.3 Å². The first-order valence-corrected chi connectivity index (χ1v) is 25.0. The van der Waals surface area contributed by atoms with E-state index in [0.717, 1.165) is 110 Å². The Morgan fingerprint density at radius 1 is 0.797 bits per heavy atom. The average Bonchev–Trinajstić information content (AvgIpc) is 3.81. The number of carbonyl (C=O) groups excluding carboxylic acids is 4. The first-order chi connectivity index (χ1) is 33.3. The van der Waals surface area contributed by atoms with Crippen LogP contribution < -0.4 is 15.4 Å². The normalized spacial score (nSPS) is 22.2. The zero-order valence-corrected chi connectivity index (χ0v) is 40.7. The number of likely N-dealkylation sites (tertiary alicyclic amines) is 2. The Balaban J connectivity index is 0.908. The predicted octanol–water partition coefficient (Wildman–Crippen LogP) is 8.76. The van der Waals surface area contributed by atoms with Crippen LogP contribution in [0.2, 0.25) is 0 Å². The molecule has 2 aliphatic carbocycles. The fraction of sp³-hybridized carbons (Fsp3) is 0.471. The Morgan fingerprint density at radius 3 is 2.16 bits per heavy atom. The van der Waals surface area contributed by atoms with E-state index in [1.807, 2.05) is 56.1 Å². The zero-order chi connectivity index (χ0) is 48.0. The van der Waals surface area contributed by atoms with Crippen molar-refractivity contribution < 1.29 is 33.4 Å². The highest BCUT2D eigenvalue weighted by Crippen LogP contribution is 2.54. The van der Waals surface area contributed by atoms with E-state index in [-0.39, 0.29) is 41.8 Å². The summed E-state index contributed by atoms with van der Waals surface area (Å²) < 4.78 is 19.1. The van der Waals surface area contributed by atoms with Crippen LogP contribution in [0, 0.1) is 24.7 Å². The molecule has 0 radical (unpaired) electrons. The van der Waals surface area contributed by atoms with E-state index in [1.54, 1.807) is 11.3 Å². The topological polar surface area (TPSA) is 202 Å². The lowest BCUT2D eigenvalue weighted by Crippen LogP contribution is -2.52. The molecule has 4 fully saturated rings. The first-order valence-electron chi connectivity index (χ1n) is 24.1. The molecule has 4 amide bonds. The minimum Gasteiger partial charge on any atom is -0.464 e. The maximum Gasteiger partial charge on any atom is 0.407 e. The molecule has 2 aromatic carbocycles. The molecule has 2 saturated heterocycles. The number of ether oxygens (including phenoxy) is 3. The number of benzene rings is 2. The lowest BCUT2D eigenvalue weighted by Gasteiger charge is -2.31. The van der Waals surface area contributed by atoms with Crippen molar-refractivity contribution in [3.8, 4) is 39.5 Å². The molecular formula is C51H58N10O7S. The quantitative estimate of drug-likeness (QED) is 0.0919. The van der Waals surface area contributed by atoms with Crippen LogP contribution in [0.5, 0.6) is 5.75 Å². The van der Waals surface area contributed by atoms with Gasteiger partial charge in [0.05, 0.1) is 71.2 Å². The molecule has 6 aromatic rings. The molecule has 0 bridgehead atoms. The van der Waals surface area contributed by atoms with E-state index in [2.05, 4.69) is 68.5 Å². The second-order valence-electron chi connectivity index (χ2n) is 20.0. The molecule has 7 atom stereocenters. The van der Waals surface area contributed by atoms with Crippen molar-refractivity contribution >= 4 is 46.2 Å². The van der Waals surface area contributed by atoms with Crippen molar-refractivity contribution in [1.82, 2.24) is 49.9 Å². The molecule has 11 rings (SSSR count). The number of amides is 4. The summed E-state index contributed by atoms with van der Waals surface area (Å²) in [6.45, 7) is 10.3. The summed E-state index contributed by atoms with van der Waals surface area (Å²) in [4.78, 5) is 78.8. The van der Waals surface area contributed by atoms with Gasteiger partial charge in [0, 0.05) is 46.8 Å². The summed E-state index contributed by atoms with van der Waals surface area (Å²) in [5.41, 5.74) is 7.63. The Hall–Kier alpha value is -6.69. The number of aromatic amines is 2. The minimum absolute atomic E-state index is 0.112. The summed E-state index contributed by atoms with van der Waals surface area (Å²) in [6.07, 6.45) is 9.58. The standard InChI is InChI=1S/C51H58N10O7S/c1-24(2)42(57-50(64)66-6)47(62)59-14-8-9-35(59)44-52-22-33(56-44)29-15-26(5)41-37-18-30-16-28(12-13-34(30)61(37)49(68-39(41)20-29)40-23-54-46(69-40)27-10-11-27)32-21-53-45(55-32)38-19-31-17-36(31)60(38)48(63)43(25(3)4)58-51(65)67-7/h12-13,15-16,18,20-25,27,31,35-36,38,42-43,49H,8-11,14,17,19H2,1-7H3,(H,52,56)(H,53,55)(H,57,64)(H,58,65)/t31-,35+,36-,38+,42+,43?,49?/m1/s1. The number of fused-ring (bicyclic) bond motifs is 6. The summed E-state index contributed by atoms with van der Waals surface area (Å²) in [6, 6.07) is 11.1. The van der Waals surface area contributed by atoms with Crippen LogP contribution in [-0.2, 0) is 19.1 Å². The van der Waals surface area contributed by atoms with Crippen LogP contribution in [-0.4, -0.2) is 102 Å². The lowest BCUT2D eigenvalue weighted by atomic mass is 9.98. The van der Waals surface area contributed by atoms with Crippen LogP contribution in [0.1, 0.15) is 118 Å². The fourth-order valence-corrected chi connectivity index (χ4v) is 12.0. The Morgan fingerprint density at radius 2 is 1.48 bits per heavy atom. The molecule has 18 heteroatoms. The third-order valence-corrected chi connectivity index (χ3v) is 15.9. The van der Waals surface area contributed by atoms with Crippen molar-refractivity contribution in [1.29, 1.82) is 0 Å². The van der Waals surface area contributed by atoms with Crippen molar-refractivity contribution in [2.75, 3.05) is 20.8 Å². The van der Waals surface area contributed by atoms with Crippen molar-refractivity contribution in [2.24, 2.45) is 17.8 Å².